The van der Waals surface area contributed by atoms with Gasteiger partial charge in [-0.2, -0.15) is 0 Å². The Hall–Kier alpha value is -7.77. The van der Waals surface area contributed by atoms with Crippen LogP contribution < -0.4 is 0 Å². The molecule has 0 N–H and O–H groups in total. The third-order valence-corrected chi connectivity index (χ3v) is 15.1. The summed E-state index contributed by atoms with van der Waals surface area (Å²) in [6.45, 7) is 0. The number of nitrogens with zero attached hydrogens (tertiary/aromatic N) is 4. The third kappa shape index (κ3) is 5.35. The minimum atomic E-state index is 0.646. The lowest BCUT2D eigenvalue weighted by Gasteiger charge is -2.14. The van der Waals surface area contributed by atoms with Gasteiger partial charge < -0.3 is 4.57 Å². The predicted molar refractivity (Wildman–Crippen MR) is 269 cm³/mol. The summed E-state index contributed by atoms with van der Waals surface area (Å²) < 4.78 is 7.31. The zero-order valence-corrected chi connectivity index (χ0v) is 35.2. The van der Waals surface area contributed by atoms with E-state index in [1.807, 2.05) is 28.7 Å². The Labute approximate surface area is 368 Å². The zero-order chi connectivity index (χ0) is 41.2. The summed E-state index contributed by atoms with van der Waals surface area (Å²) in [7, 11) is 0. The number of hydrogen-bond donors (Lipinski definition) is 0. The summed E-state index contributed by atoms with van der Waals surface area (Å²) in [6, 6.07) is 70.4. The fourth-order valence-corrected chi connectivity index (χ4v) is 12.2. The summed E-state index contributed by atoms with van der Waals surface area (Å²) in [4.78, 5) is 16.2. The van der Waals surface area contributed by atoms with E-state index in [0.717, 1.165) is 38.1 Å². The highest BCUT2D eigenvalue weighted by Gasteiger charge is 2.23. The first kappa shape index (κ1) is 34.9. The van der Waals surface area contributed by atoms with E-state index in [1.54, 1.807) is 0 Å². The van der Waals surface area contributed by atoms with Crippen LogP contribution in [0.3, 0.4) is 0 Å². The molecule has 0 atom stereocenters. The van der Waals surface area contributed by atoms with Crippen molar-refractivity contribution in [1.29, 1.82) is 0 Å². The summed E-state index contributed by atoms with van der Waals surface area (Å²) in [5.41, 5.74) is 6.30. The molecule has 0 bridgehead atoms. The Bertz CT molecular complexity index is 4120. The van der Waals surface area contributed by atoms with Crippen LogP contribution in [0.15, 0.2) is 194 Å². The van der Waals surface area contributed by atoms with Gasteiger partial charge in [-0.05, 0) is 93.0 Å². The first-order valence-electron chi connectivity index (χ1n) is 21.2. The van der Waals surface area contributed by atoms with Gasteiger partial charge in [-0.15, -0.1) is 22.7 Å². The molecule has 0 spiro atoms. The summed E-state index contributed by atoms with van der Waals surface area (Å²) >= 11 is 3.62. The number of hydrogen-bond acceptors (Lipinski definition) is 5. The summed E-state index contributed by atoms with van der Waals surface area (Å²) in [6.07, 6.45) is 0. The topological polar surface area (TPSA) is 43.6 Å². The molecule has 10 aromatic carbocycles. The van der Waals surface area contributed by atoms with Crippen LogP contribution in [0.1, 0.15) is 0 Å². The molecule has 14 rings (SSSR count). The number of benzene rings is 10. The van der Waals surface area contributed by atoms with Gasteiger partial charge in [0.2, 0.25) is 0 Å². The Morgan fingerprint density at radius 1 is 0.333 bits per heavy atom. The van der Waals surface area contributed by atoms with Crippen LogP contribution in [0.5, 0.6) is 0 Å². The average Bonchev–Trinajstić information content (AvgIpc) is 4.00. The van der Waals surface area contributed by atoms with Crippen molar-refractivity contribution < 1.29 is 0 Å². The molecule has 14 aromatic rings. The van der Waals surface area contributed by atoms with Crippen molar-refractivity contribution in [2.24, 2.45) is 0 Å². The SMILES string of the molecule is c1ccc(-c2nc(-c3cc(-n4c5cc6ccccc6cc5c5cc6ccccc6cc54)cc4c3sc3cc5ccccc5cc34)nc(-c3cccc4sc5ccccc5c34)n2)cc1. The second-order valence-corrected chi connectivity index (χ2v) is 18.5. The van der Waals surface area contributed by atoms with E-state index in [2.05, 4.69) is 193 Å². The number of fused-ring (bicyclic) bond motifs is 12. The van der Waals surface area contributed by atoms with Crippen LogP contribution in [0.2, 0.25) is 0 Å². The second kappa shape index (κ2) is 13.4. The summed E-state index contributed by atoms with van der Waals surface area (Å²) in [5.74, 6) is 1.95. The highest BCUT2D eigenvalue weighted by Crippen LogP contribution is 2.46. The van der Waals surface area contributed by atoms with Crippen molar-refractivity contribution in [3.05, 3.63) is 194 Å². The van der Waals surface area contributed by atoms with Crippen LogP contribution in [0.25, 0.3) is 134 Å². The normalized spacial score (nSPS) is 12.1. The molecule has 4 aromatic heterocycles. The average molecular weight is 837 g/mol. The van der Waals surface area contributed by atoms with Gasteiger partial charge >= 0.3 is 0 Å². The Morgan fingerprint density at radius 3 is 1.56 bits per heavy atom. The predicted octanol–water partition coefficient (Wildman–Crippen LogP) is 16.2. The van der Waals surface area contributed by atoms with Crippen molar-refractivity contribution in [3.63, 3.8) is 0 Å². The quantitative estimate of drug-likeness (QED) is 0.177. The van der Waals surface area contributed by atoms with Gasteiger partial charge in [-0.1, -0.05) is 133 Å². The molecule has 4 heterocycles. The number of thiophene rings is 2. The highest BCUT2D eigenvalue weighted by atomic mass is 32.1. The number of rotatable bonds is 4. The minimum absolute atomic E-state index is 0.646. The van der Waals surface area contributed by atoms with Crippen LogP contribution in [0, 0.1) is 0 Å². The van der Waals surface area contributed by atoms with Gasteiger partial charge in [0.1, 0.15) is 0 Å². The van der Waals surface area contributed by atoms with E-state index < -0.39 is 0 Å². The Morgan fingerprint density at radius 2 is 0.873 bits per heavy atom. The van der Waals surface area contributed by atoms with Crippen molar-refractivity contribution >= 4 is 117 Å². The maximum Gasteiger partial charge on any atom is 0.165 e. The molecule has 0 unspecified atom stereocenters. The zero-order valence-electron chi connectivity index (χ0n) is 33.6. The summed E-state index contributed by atoms with van der Waals surface area (Å²) in [5, 5.41) is 14.5. The van der Waals surface area contributed by atoms with E-state index in [1.165, 1.54) is 78.7 Å². The van der Waals surface area contributed by atoms with E-state index in [9.17, 15) is 0 Å². The molecule has 0 fully saturated rings. The molecule has 4 nitrogen and oxygen atoms in total. The lowest BCUT2D eigenvalue weighted by molar-refractivity contribution is 1.08. The first-order chi connectivity index (χ1) is 31.2. The molecule has 6 heteroatoms. The van der Waals surface area contributed by atoms with Gasteiger partial charge in [-0.3, -0.25) is 0 Å². The molecule has 63 heavy (non-hydrogen) atoms. The fourth-order valence-electron chi connectivity index (χ4n) is 9.80. The molecule has 0 aliphatic rings. The maximum atomic E-state index is 5.52. The van der Waals surface area contributed by atoms with Crippen LogP contribution in [0.4, 0.5) is 0 Å². The Kier molecular flexibility index (Phi) is 7.40. The molecule has 0 radical (unpaired) electrons. The van der Waals surface area contributed by atoms with Crippen molar-refractivity contribution in [2.45, 2.75) is 0 Å². The molecular weight excluding hydrogens is 805 g/mol. The van der Waals surface area contributed by atoms with Crippen molar-refractivity contribution in [3.8, 4) is 39.9 Å². The van der Waals surface area contributed by atoms with E-state index in [-0.39, 0.29) is 0 Å². The van der Waals surface area contributed by atoms with E-state index in [0.29, 0.717) is 17.5 Å². The fraction of sp³-hybridized carbons (Fsp3) is 0. The lowest BCUT2D eigenvalue weighted by Crippen LogP contribution is -2.01. The van der Waals surface area contributed by atoms with Gasteiger partial charge in [-0.25, -0.2) is 15.0 Å². The molecule has 0 saturated heterocycles. The minimum Gasteiger partial charge on any atom is -0.309 e. The van der Waals surface area contributed by atoms with Crippen LogP contribution in [-0.4, -0.2) is 19.5 Å². The maximum absolute atomic E-state index is 5.52. The standard InChI is InChI=1S/C57H32N4S2/c1-2-13-33(14-3-1)55-58-56(42-22-12-24-51-53(42)41-21-10-11-23-50(41)62-51)60-57(59-55)47-32-40(31-46-45-27-36-17-6-9-20-39(36)30-52(45)63-54(46)47)61-48-28-37-18-7-4-15-34(37)25-43(48)44-26-35-16-5-8-19-38(35)29-49(44)61/h1-32H. The van der Waals surface area contributed by atoms with Gasteiger partial charge in [0.25, 0.3) is 0 Å². The van der Waals surface area contributed by atoms with Gasteiger partial charge in [0, 0.05) is 73.5 Å². The van der Waals surface area contributed by atoms with E-state index >= 15 is 0 Å². The highest BCUT2D eigenvalue weighted by molar-refractivity contribution is 7.26. The van der Waals surface area contributed by atoms with Gasteiger partial charge in [0.15, 0.2) is 17.5 Å². The lowest BCUT2D eigenvalue weighted by atomic mass is 10.0. The monoisotopic (exact) mass is 836 g/mol. The largest absolute Gasteiger partial charge is 0.309 e. The molecule has 292 valence electrons. The van der Waals surface area contributed by atoms with E-state index in [4.69, 9.17) is 15.0 Å². The van der Waals surface area contributed by atoms with Crippen molar-refractivity contribution in [1.82, 2.24) is 19.5 Å². The smallest absolute Gasteiger partial charge is 0.165 e. The first-order valence-corrected chi connectivity index (χ1v) is 22.8. The number of aromatic nitrogens is 4. The van der Waals surface area contributed by atoms with Gasteiger partial charge in [0.05, 0.1) is 11.0 Å². The third-order valence-electron chi connectivity index (χ3n) is 12.7. The van der Waals surface area contributed by atoms with Crippen LogP contribution in [-0.2, 0) is 0 Å². The van der Waals surface area contributed by atoms with Crippen LogP contribution >= 0.6 is 22.7 Å². The Balaban J connectivity index is 1.12. The molecule has 0 amide bonds. The molecular formula is C57H32N4S2. The second-order valence-electron chi connectivity index (χ2n) is 16.4. The molecule has 0 aliphatic heterocycles. The molecule has 0 saturated carbocycles. The van der Waals surface area contributed by atoms with Crippen molar-refractivity contribution in [2.75, 3.05) is 0 Å². The molecule has 0 aliphatic carbocycles.